The molecule has 5 nitrogen and oxygen atoms in total. The van der Waals surface area contributed by atoms with Gasteiger partial charge in [-0.05, 0) is 48.4 Å². The molecule has 0 aliphatic carbocycles. The number of halogens is 3. The van der Waals surface area contributed by atoms with E-state index in [-0.39, 0.29) is 24.0 Å². The van der Waals surface area contributed by atoms with Gasteiger partial charge in [0.1, 0.15) is 16.3 Å². The highest BCUT2D eigenvalue weighted by Gasteiger charge is 2.24. The summed E-state index contributed by atoms with van der Waals surface area (Å²) < 4.78 is 40.2. The maximum absolute atomic E-state index is 13.2. The van der Waals surface area contributed by atoms with Crippen molar-refractivity contribution < 1.29 is 13.2 Å². The normalized spacial score (nSPS) is 16.2. The van der Waals surface area contributed by atoms with Crippen molar-refractivity contribution in [3.8, 4) is 16.1 Å². The molecular weight excluding hydrogens is 449 g/mol. The summed E-state index contributed by atoms with van der Waals surface area (Å²) >= 11 is 1.38. The quantitative estimate of drug-likeness (QED) is 0.444. The van der Waals surface area contributed by atoms with Gasteiger partial charge in [0.2, 0.25) is 0 Å². The lowest BCUT2D eigenvalue weighted by Gasteiger charge is -2.18. The first-order chi connectivity index (χ1) is 16.0. The number of thiophene rings is 1. The van der Waals surface area contributed by atoms with Crippen LogP contribution in [0.4, 0.5) is 19.0 Å². The van der Waals surface area contributed by atoms with Gasteiger partial charge in [0, 0.05) is 35.6 Å². The van der Waals surface area contributed by atoms with Crippen LogP contribution >= 0.6 is 11.3 Å². The van der Waals surface area contributed by atoms with Gasteiger partial charge in [-0.15, -0.1) is 11.3 Å². The molecule has 0 spiro atoms. The largest absolute Gasteiger partial charge is 0.355 e. The van der Waals surface area contributed by atoms with Gasteiger partial charge in [-0.3, -0.25) is 9.36 Å². The molecule has 1 aromatic carbocycles. The van der Waals surface area contributed by atoms with E-state index in [0.717, 1.165) is 34.6 Å². The third kappa shape index (κ3) is 4.51. The molecule has 5 rings (SSSR count). The molecule has 1 aliphatic rings. The summed E-state index contributed by atoms with van der Waals surface area (Å²) in [6.07, 6.45) is 1.79. The lowest BCUT2D eigenvalue weighted by Crippen LogP contribution is -2.35. The van der Waals surface area contributed by atoms with E-state index >= 15 is 0 Å². The predicted octanol–water partition coefficient (Wildman–Crippen LogP) is 4.69. The fraction of sp³-hybridized carbons (Fsp3) is 0.250. The monoisotopic (exact) mass is 470 g/mol. The zero-order chi connectivity index (χ0) is 22.9. The van der Waals surface area contributed by atoms with Crippen molar-refractivity contribution >= 4 is 27.2 Å². The maximum Gasteiger partial charge on any atom is 0.273 e. The Balaban J connectivity index is 1.36. The molecule has 1 atom stereocenters. The number of pyridine rings is 2. The number of benzene rings is 1. The van der Waals surface area contributed by atoms with Crippen LogP contribution in [-0.4, -0.2) is 41.7 Å². The van der Waals surface area contributed by atoms with Crippen molar-refractivity contribution in [1.29, 1.82) is 0 Å². The predicted molar refractivity (Wildman–Crippen MR) is 125 cm³/mol. The Bertz CT molecular complexity index is 1320. The van der Waals surface area contributed by atoms with Gasteiger partial charge in [0.05, 0.1) is 18.4 Å². The third-order valence-electron chi connectivity index (χ3n) is 5.79. The van der Waals surface area contributed by atoms with Crippen molar-refractivity contribution in [2.24, 2.45) is 0 Å². The van der Waals surface area contributed by atoms with Crippen LogP contribution < -0.4 is 15.8 Å². The molecule has 0 saturated carbocycles. The minimum absolute atomic E-state index is 0.0136. The molecule has 0 unspecified atom stereocenters. The van der Waals surface area contributed by atoms with Gasteiger partial charge < -0.3 is 10.2 Å². The number of hydrogen-bond donors (Lipinski definition) is 1. The van der Waals surface area contributed by atoms with Crippen LogP contribution in [0.1, 0.15) is 6.42 Å². The Morgan fingerprint density at radius 2 is 1.97 bits per heavy atom. The minimum atomic E-state index is -2.36. The molecule has 33 heavy (non-hydrogen) atoms. The standard InChI is InChI=1S/C24H21F3N4OS/c25-17-3-1-15(2-4-17)20-11-16-7-10-31(24(32)23(16)33-20)19-5-6-22(29-12-19)30-9-8-18(14-30)28-13-21(26)27/h1-7,10-12,18,21,28H,8-9,13-14H2/t18-/m0/s1. The molecule has 0 amide bonds. The van der Waals surface area contributed by atoms with Gasteiger partial charge in [0.15, 0.2) is 0 Å². The number of aromatic nitrogens is 2. The second kappa shape index (κ2) is 8.99. The lowest BCUT2D eigenvalue weighted by atomic mass is 10.2. The topological polar surface area (TPSA) is 50.2 Å². The summed E-state index contributed by atoms with van der Waals surface area (Å²) in [5.41, 5.74) is 1.37. The molecule has 1 fully saturated rings. The molecule has 4 aromatic rings. The van der Waals surface area contributed by atoms with E-state index < -0.39 is 6.43 Å². The number of fused-ring (bicyclic) bond motifs is 1. The fourth-order valence-corrected chi connectivity index (χ4v) is 5.18. The molecule has 0 bridgehead atoms. The zero-order valence-electron chi connectivity index (χ0n) is 17.5. The smallest absolute Gasteiger partial charge is 0.273 e. The average molecular weight is 471 g/mol. The molecule has 9 heteroatoms. The third-order valence-corrected chi connectivity index (χ3v) is 6.98. The van der Waals surface area contributed by atoms with Gasteiger partial charge in [-0.2, -0.15) is 0 Å². The first-order valence-electron chi connectivity index (χ1n) is 10.6. The highest BCUT2D eigenvalue weighted by Crippen LogP contribution is 2.32. The fourth-order valence-electron chi connectivity index (χ4n) is 4.09. The number of alkyl halides is 2. The van der Waals surface area contributed by atoms with Gasteiger partial charge in [-0.1, -0.05) is 12.1 Å². The number of hydrogen-bond acceptors (Lipinski definition) is 5. The van der Waals surface area contributed by atoms with Crippen LogP contribution in [0.25, 0.3) is 26.2 Å². The van der Waals surface area contributed by atoms with E-state index in [9.17, 15) is 18.0 Å². The van der Waals surface area contributed by atoms with E-state index in [1.165, 1.54) is 23.5 Å². The van der Waals surface area contributed by atoms with Crippen molar-refractivity contribution in [3.63, 3.8) is 0 Å². The summed E-state index contributed by atoms with van der Waals surface area (Å²) in [5.74, 6) is 0.455. The van der Waals surface area contributed by atoms with Crippen LogP contribution in [0.2, 0.25) is 0 Å². The highest BCUT2D eigenvalue weighted by atomic mass is 32.1. The number of rotatable bonds is 6. The first-order valence-corrected chi connectivity index (χ1v) is 11.4. The summed E-state index contributed by atoms with van der Waals surface area (Å²) in [5, 5.41) is 3.71. The Hall–Kier alpha value is -3.17. The van der Waals surface area contributed by atoms with E-state index in [1.54, 1.807) is 29.1 Å². The van der Waals surface area contributed by atoms with Crippen LogP contribution in [0.15, 0.2) is 65.7 Å². The van der Waals surface area contributed by atoms with Crippen molar-refractivity contribution in [3.05, 3.63) is 77.1 Å². The van der Waals surface area contributed by atoms with E-state index in [2.05, 4.69) is 10.3 Å². The van der Waals surface area contributed by atoms with Gasteiger partial charge >= 0.3 is 0 Å². The zero-order valence-corrected chi connectivity index (χ0v) is 18.4. The maximum atomic E-state index is 13.2. The Morgan fingerprint density at radius 1 is 1.15 bits per heavy atom. The Kier molecular flexibility index (Phi) is 5.90. The second-order valence-corrected chi connectivity index (χ2v) is 9.05. The van der Waals surface area contributed by atoms with Crippen LogP contribution in [0.3, 0.4) is 0 Å². The van der Waals surface area contributed by atoms with Crippen molar-refractivity contribution in [1.82, 2.24) is 14.9 Å². The van der Waals surface area contributed by atoms with E-state index in [0.29, 0.717) is 16.9 Å². The highest BCUT2D eigenvalue weighted by molar-refractivity contribution is 7.22. The molecule has 4 heterocycles. The molecule has 1 N–H and O–H groups in total. The van der Waals surface area contributed by atoms with Gasteiger partial charge in [0.25, 0.3) is 12.0 Å². The minimum Gasteiger partial charge on any atom is -0.355 e. The van der Waals surface area contributed by atoms with E-state index in [4.69, 9.17) is 0 Å². The van der Waals surface area contributed by atoms with E-state index in [1.807, 2.05) is 29.2 Å². The van der Waals surface area contributed by atoms with Crippen LogP contribution in [-0.2, 0) is 0 Å². The summed E-state index contributed by atoms with van der Waals surface area (Å²) in [6.45, 7) is 1.05. The molecule has 1 aliphatic heterocycles. The number of nitrogens with one attached hydrogen (secondary N) is 1. The second-order valence-electron chi connectivity index (χ2n) is 8.00. The average Bonchev–Trinajstić information content (AvgIpc) is 3.47. The van der Waals surface area contributed by atoms with Gasteiger partial charge in [-0.25, -0.2) is 18.2 Å². The van der Waals surface area contributed by atoms with Crippen LogP contribution in [0.5, 0.6) is 0 Å². The lowest BCUT2D eigenvalue weighted by molar-refractivity contribution is 0.142. The SMILES string of the molecule is O=c1c2sc(-c3ccc(F)cc3)cc2ccn1-c1ccc(N2CC[C@H](NCC(F)F)C2)nc1. The van der Waals surface area contributed by atoms with Crippen LogP contribution in [0, 0.1) is 5.82 Å². The summed E-state index contributed by atoms with van der Waals surface area (Å²) in [7, 11) is 0. The molecule has 0 radical (unpaired) electrons. The number of nitrogens with zero attached hydrogens (tertiary/aromatic N) is 3. The number of anilines is 1. The van der Waals surface area contributed by atoms with Crippen molar-refractivity contribution in [2.45, 2.75) is 18.9 Å². The molecule has 1 saturated heterocycles. The molecular formula is C24H21F3N4OS. The molecule has 3 aromatic heterocycles. The summed E-state index contributed by atoms with van der Waals surface area (Å²) in [4.78, 5) is 20.6. The van der Waals surface area contributed by atoms with Crippen molar-refractivity contribution in [2.75, 3.05) is 24.5 Å². The Morgan fingerprint density at radius 3 is 2.70 bits per heavy atom. The Labute approximate surface area is 192 Å². The first kappa shape index (κ1) is 21.7. The summed E-state index contributed by atoms with van der Waals surface area (Å²) in [6, 6.07) is 13.7. The molecule has 170 valence electrons.